The van der Waals surface area contributed by atoms with E-state index in [2.05, 4.69) is 22.0 Å². The Kier molecular flexibility index (Phi) is 4.31. The van der Waals surface area contributed by atoms with Gasteiger partial charge >= 0.3 is 0 Å². The standard InChI is InChI=1S/C16H22N4O/c1-12-7-8-20(10-14(12)9-17)11-15-18-19-16(21-15)13-5-3-2-4-6-13/h2-6,12,14H,7-11,17H2,1H3. The molecule has 0 saturated carbocycles. The molecule has 1 aromatic heterocycles. The van der Waals surface area contributed by atoms with Gasteiger partial charge in [0.15, 0.2) is 0 Å². The monoisotopic (exact) mass is 286 g/mol. The summed E-state index contributed by atoms with van der Waals surface area (Å²) in [5.74, 6) is 2.54. The SMILES string of the molecule is CC1CCN(Cc2nnc(-c3ccccc3)o2)CC1CN. The van der Waals surface area contributed by atoms with E-state index >= 15 is 0 Å². The summed E-state index contributed by atoms with van der Waals surface area (Å²) in [5.41, 5.74) is 6.81. The van der Waals surface area contributed by atoms with Crippen molar-refractivity contribution in [3.63, 3.8) is 0 Å². The third kappa shape index (κ3) is 3.31. The lowest BCUT2D eigenvalue weighted by molar-refractivity contribution is 0.117. The number of rotatable bonds is 4. The first-order valence-electron chi connectivity index (χ1n) is 7.56. The number of piperidine rings is 1. The van der Waals surface area contributed by atoms with Crippen LogP contribution in [-0.2, 0) is 6.54 Å². The first kappa shape index (κ1) is 14.2. The summed E-state index contributed by atoms with van der Waals surface area (Å²) in [7, 11) is 0. The molecular formula is C16H22N4O. The molecule has 1 aliphatic rings. The summed E-state index contributed by atoms with van der Waals surface area (Å²) in [6.07, 6.45) is 1.18. The summed E-state index contributed by atoms with van der Waals surface area (Å²) < 4.78 is 5.77. The van der Waals surface area contributed by atoms with Crippen molar-refractivity contribution in [1.82, 2.24) is 15.1 Å². The fraction of sp³-hybridized carbons (Fsp3) is 0.500. The minimum atomic E-state index is 0.565. The van der Waals surface area contributed by atoms with Crippen LogP contribution in [0.1, 0.15) is 19.2 Å². The van der Waals surface area contributed by atoms with Crippen molar-refractivity contribution in [2.24, 2.45) is 17.6 Å². The van der Waals surface area contributed by atoms with E-state index in [1.165, 1.54) is 6.42 Å². The van der Waals surface area contributed by atoms with Crippen LogP contribution in [0.2, 0.25) is 0 Å². The molecule has 0 spiro atoms. The molecule has 21 heavy (non-hydrogen) atoms. The lowest BCUT2D eigenvalue weighted by Gasteiger charge is -2.35. The Balaban J connectivity index is 1.65. The van der Waals surface area contributed by atoms with E-state index < -0.39 is 0 Å². The zero-order chi connectivity index (χ0) is 14.7. The van der Waals surface area contributed by atoms with E-state index in [4.69, 9.17) is 10.2 Å². The van der Waals surface area contributed by atoms with Crippen molar-refractivity contribution in [1.29, 1.82) is 0 Å². The average molecular weight is 286 g/mol. The summed E-state index contributed by atoms with van der Waals surface area (Å²) in [6.45, 7) is 5.83. The van der Waals surface area contributed by atoms with Crippen LogP contribution in [0.5, 0.6) is 0 Å². The van der Waals surface area contributed by atoms with Crippen LogP contribution in [0, 0.1) is 11.8 Å². The predicted octanol–water partition coefficient (Wildman–Crippen LogP) is 2.15. The molecule has 1 fully saturated rings. The number of likely N-dealkylation sites (tertiary alicyclic amines) is 1. The van der Waals surface area contributed by atoms with Gasteiger partial charge in [-0.15, -0.1) is 10.2 Å². The summed E-state index contributed by atoms with van der Waals surface area (Å²) in [6, 6.07) is 9.87. The Bertz CT molecular complexity index is 569. The van der Waals surface area contributed by atoms with Gasteiger partial charge in [-0.25, -0.2) is 0 Å². The van der Waals surface area contributed by atoms with E-state index in [0.29, 0.717) is 30.2 Å². The van der Waals surface area contributed by atoms with Gasteiger partial charge < -0.3 is 10.2 Å². The molecule has 3 rings (SSSR count). The van der Waals surface area contributed by atoms with Gasteiger partial charge in [-0.3, -0.25) is 4.90 Å². The van der Waals surface area contributed by atoms with Crippen molar-refractivity contribution in [3.05, 3.63) is 36.2 Å². The van der Waals surface area contributed by atoms with Gasteiger partial charge in [-0.05, 0) is 43.5 Å². The Morgan fingerprint density at radius 3 is 2.86 bits per heavy atom. The highest BCUT2D eigenvalue weighted by Crippen LogP contribution is 2.24. The largest absolute Gasteiger partial charge is 0.419 e. The molecule has 2 heterocycles. The molecule has 0 bridgehead atoms. The first-order chi connectivity index (χ1) is 10.3. The van der Waals surface area contributed by atoms with E-state index in [1.807, 2.05) is 30.3 Å². The lowest BCUT2D eigenvalue weighted by atomic mass is 9.87. The molecule has 0 amide bonds. The van der Waals surface area contributed by atoms with Crippen LogP contribution >= 0.6 is 0 Å². The van der Waals surface area contributed by atoms with Crippen LogP contribution < -0.4 is 5.73 Å². The average Bonchev–Trinajstić information content (AvgIpc) is 2.98. The Morgan fingerprint density at radius 1 is 1.29 bits per heavy atom. The van der Waals surface area contributed by atoms with Gasteiger partial charge in [0.1, 0.15) is 0 Å². The summed E-state index contributed by atoms with van der Waals surface area (Å²) in [4.78, 5) is 2.36. The molecule has 5 nitrogen and oxygen atoms in total. The molecular weight excluding hydrogens is 264 g/mol. The van der Waals surface area contributed by atoms with Crippen molar-refractivity contribution in [2.45, 2.75) is 19.9 Å². The molecule has 2 N–H and O–H groups in total. The van der Waals surface area contributed by atoms with Crippen LogP contribution in [0.25, 0.3) is 11.5 Å². The fourth-order valence-electron chi connectivity index (χ4n) is 2.88. The maximum absolute atomic E-state index is 5.85. The number of nitrogens with two attached hydrogens (primary N) is 1. The minimum absolute atomic E-state index is 0.565. The van der Waals surface area contributed by atoms with Crippen LogP contribution in [0.4, 0.5) is 0 Å². The molecule has 0 aliphatic carbocycles. The van der Waals surface area contributed by atoms with Crippen molar-refractivity contribution >= 4 is 0 Å². The van der Waals surface area contributed by atoms with Crippen molar-refractivity contribution < 1.29 is 4.42 Å². The van der Waals surface area contributed by atoms with Crippen LogP contribution in [0.3, 0.4) is 0 Å². The van der Waals surface area contributed by atoms with E-state index in [-0.39, 0.29) is 0 Å². The number of hydrogen-bond donors (Lipinski definition) is 1. The van der Waals surface area contributed by atoms with Crippen molar-refractivity contribution in [3.8, 4) is 11.5 Å². The van der Waals surface area contributed by atoms with Crippen molar-refractivity contribution in [2.75, 3.05) is 19.6 Å². The third-order valence-corrected chi connectivity index (χ3v) is 4.35. The number of aromatic nitrogens is 2. The van der Waals surface area contributed by atoms with E-state index in [9.17, 15) is 0 Å². The smallest absolute Gasteiger partial charge is 0.247 e. The number of benzene rings is 1. The molecule has 2 unspecified atom stereocenters. The highest BCUT2D eigenvalue weighted by molar-refractivity contribution is 5.51. The zero-order valence-electron chi connectivity index (χ0n) is 12.4. The molecule has 112 valence electrons. The van der Waals surface area contributed by atoms with Gasteiger partial charge in [-0.2, -0.15) is 0 Å². The molecule has 5 heteroatoms. The lowest BCUT2D eigenvalue weighted by Crippen LogP contribution is -2.42. The predicted molar refractivity (Wildman–Crippen MR) is 81.3 cm³/mol. The number of nitrogens with zero attached hydrogens (tertiary/aromatic N) is 3. The second-order valence-electron chi connectivity index (χ2n) is 5.86. The second kappa shape index (κ2) is 6.37. The van der Waals surface area contributed by atoms with E-state index in [1.54, 1.807) is 0 Å². The zero-order valence-corrected chi connectivity index (χ0v) is 12.4. The maximum atomic E-state index is 5.85. The van der Waals surface area contributed by atoms with E-state index in [0.717, 1.165) is 25.2 Å². The van der Waals surface area contributed by atoms with Crippen LogP contribution in [0.15, 0.2) is 34.7 Å². The third-order valence-electron chi connectivity index (χ3n) is 4.35. The summed E-state index contributed by atoms with van der Waals surface area (Å²) >= 11 is 0. The minimum Gasteiger partial charge on any atom is -0.419 e. The summed E-state index contributed by atoms with van der Waals surface area (Å²) in [5, 5.41) is 8.31. The fourth-order valence-corrected chi connectivity index (χ4v) is 2.88. The molecule has 1 saturated heterocycles. The van der Waals surface area contributed by atoms with Gasteiger partial charge in [0, 0.05) is 12.1 Å². The molecule has 2 aromatic rings. The Labute approximate surface area is 125 Å². The highest BCUT2D eigenvalue weighted by atomic mass is 16.4. The number of hydrogen-bond acceptors (Lipinski definition) is 5. The molecule has 2 atom stereocenters. The van der Waals surface area contributed by atoms with Gasteiger partial charge in [0.05, 0.1) is 6.54 Å². The van der Waals surface area contributed by atoms with Gasteiger partial charge in [0.25, 0.3) is 0 Å². The van der Waals surface area contributed by atoms with Gasteiger partial charge in [-0.1, -0.05) is 25.1 Å². The quantitative estimate of drug-likeness (QED) is 0.932. The van der Waals surface area contributed by atoms with Gasteiger partial charge in [0.2, 0.25) is 11.8 Å². The molecule has 1 aliphatic heterocycles. The maximum Gasteiger partial charge on any atom is 0.247 e. The molecule has 0 radical (unpaired) electrons. The highest BCUT2D eigenvalue weighted by Gasteiger charge is 2.26. The second-order valence-corrected chi connectivity index (χ2v) is 5.86. The normalized spacial score (nSPS) is 23.3. The topological polar surface area (TPSA) is 68.2 Å². The molecule has 1 aromatic carbocycles. The Hall–Kier alpha value is -1.72. The Morgan fingerprint density at radius 2 is 2.10 bits per heavy atom. The first-order valence-corrected chi connectivity index (χ1v) is 7.56. The van der Waals surface area contributed by atoms with Crippen LogP contribution in [-0.4, -0.2) is 34.7 Å².